The van der Waals surface area contributed by atoms with Crippen LogP contribution in [-0.4, -0.2) is 28.9 Å². The third-order valence-electron chi connectivity index (χ3n) is 2.02. The molecule has 0 saturated carbocycles. The molecule has 0 fully saturated rings. The molecule has 1 aromatic rings. The Morgan fingerprint density at radius 1 is 1.69 bits per heavy atom. The van der Waals surface area contributed by atoms with E-state index in [1.54, 1.807) is 18.3 Å². The molecule has 16 heavy (non-hydrogen) atoms. The molecule has 0 N–H and O–H groups in total. The molecule has 1 amide bonds. The van der Waals surface area contributed by atoms with Gasteiger partial charge in [0.05, 0.1) is 6.07 Å². The predicted octanol–water partition coefficient (Wildman–Crippen LogP) is 2.22. The number of carbonyl (C=O) groups excluding carboxylic acids is 1. The van der Waals surface area contributed by atoms with Gasteiger partial charge in [-0.25, -0.2) is 4.98 Å². The summed E-state index contributed by atoms with van der Waals surface area (Å²) in [5.41, 5.74) is 0.547. The van der Waals surface area contributed by atoms with Crippen LogP contribution in [0.4, 0.5) is 0 Å². The van der Waals surface area contributed by atoms with Crippen molar-refractivity contribution in [3.63, 3.8) is 0 Å². The van der Waals surface area contributed by atoms with E-state index in [0.717, 1.165) is 6.42 Å². The van der Waals surface area contributed by atoms with Crippen LogP contribution in [0.1, 0.15) is 23.7 Å². The molecule has 0 aliphatic carbocycles. The molecule has 1 heterocycles. The van der Waals surface area contributed by atoms with Crippen LogP contribution in [0.5, 0.6) is 0 Å². The summed E-state index contributed by atoms with van der Waals surface area (Å²) in [5.74, 6) is -0.133. The minimum Gasteiger partial charge on any atom is -0.325 e. The van der Waals surface area contributed by atoms with Crippen LogP contribution in [-0.2, 0) is 0 Å². The van der Waals surface area contributed by atoms with E-state index in [1.165, 1.54) is 4.90 Å². The van der Waals surface area contributed by atoms with E-state index < -0.39 is 0 Å². The van der Waals surface area contributed by atoms with E-state index in [4.69, 9.17) is 5.26 Å². The van der Waals surface area contributed by atoms with E-state index in [-0.39, 0.29) is 12.5 Å². The second kappa shape index (κ2) is 6.23. The summed E-state index contributed by atoms with van der Waals surface area (Å²) in [4.78, 5) is 17.5. The first-order valence-corrected chi connectivity index (χ1v) is 5.76. The van der Waals surface area contributed by atoms with Crippen molar-refractivity contribution in [2.75, 3.05) is 13.1 Å². The summed E-state index contributed by atoms with van der Waals surface area (Å²) in [6, 6.07) is 5.30. The maximum absolute atomic E-state index is 12.0. The maximum Gasteiger partial charge on any atom is 0.254 e. The van der Waals surface area contributed by atoms with E-state index in [2.05, 4.69) is 20.9 Å². The summed E-state index contributed by atoms with van der Waals surface area (Å²) in [6.07, 6.45) is 2.40. The number of hydrogen-bond donors (Lipinski definition) is 0. The first-order valence-electron chi connectivity index (χ1n) is 4.96. The molecule has 0 unspecified atom stereocenters. The molecule has 4 nitrogen and oxygen atoms in total. The summed E-state index contributed by atoms with van der Waals surface area (Å²) in [5, 5.41) is 8.65. The number of hydrogen-bond acceptors (Lipinski definition) is 3. The molecule has 0 spiro atoms. The Balaban J connectivity index is 2.86. The van der Waals surface area contributed by atoms with Gasteiger partial charge in [0.1, 0.15) is 11.1 Å². The minimum atomic E-state index is -0.133. The number of halogens is 1. The Morgan fingerprint density at radius 3 is 3.00 bits per heavy atom. The van der Waals surface area contributed by atoms with Crippen LogP contribution < -0.4 is 0 Å². The molecule has 0 aromatic carbocycles. The number of rotatable bonds is 4. The van der Waals surface area contributed by atoms with Gasteiger partial charge in [0.15, 0.2) is 0 Å². The van der Waals surface area contributed by atoms with E-state index >= 15 is 0 Å². The van der Waals surface area contributed by atoms with Gasteiger partial charge in [-0.15, -0.1) is 0 Å². The van der Waals surface area contributed by atoms with Crippen molar-refractivity contribution in [1.29, 1.82) is 5.26 Å². The van der Waals surface area contributed by atoms with Crippen molar-refractivity contribution in [3.8, 4) is 6.07 Å². The fraction of sp³-hybridized carbons (Fsp3) is 0.364. The molecular formula is C11H12BrN3O. The minimum absolute atomic E-state index is 0.118. The summed E-state index contributed by atoms with van der Waals surface area (Å²) < 4.78 is 0.617. The maximum atomic E-state index is 12.0. The average Bonchev–Trinajstić information content (AvgIpc) is 2.28. The fourth-order valence-electron chi connectivity index (χ4n) is 1.33. The number of nitriles is 1. The SMILES string of the molecule is CCCN(CC#N)C(=O)c1ccnc(Br)c1. The van der Waals surface area contributed by atoms with E-state index in [1.807, 2.05) is 13.0 Å². The second-order valence-corrected chi connectivity index (χ2v) is 4.06. The van der Waals surface area contributed by atoms with Gasteiger partial charge < -0.3 is 4.90 Å². The number of carbonyl (C=O) groups is 1. The quantitative estimate of drug-likeness (QED) is 0.628. The van der Waals surface area contributed by atoms with Gasteiger partial charge >= 0.3 is 0 Å². The fourth-order valence-corrected chi connectivity index (χ4v) is 1.69. The van der Waals surface area contributed by atoms with E-state index in [0.29, 0.717) is 16.7 Å². The number of nitrogens with zero attached hydrogens (tertiary/aromatic N) is 3. The standard InChI is InChI=1S/C11H12BrN3O/c1-2-6-15(7-4-13)11(16)9-3-5-14-10(12)8-9/h3,5,8H,2,6-7H2,1H3. The first kappa shape index (κ1) is 12.7. The summed E-state index contributed by atoms with van der Waals surface area (Å²) in [7, 11) is 0. The molecule has 1 aromatic heterocycles. The van der Waals surface area contributed by atoms with Crippen LogP contribution in [0.3, 0.4) is 0 Å². The van der Waals surface area contributed by atoms with Crippen LogP contribution >= 0.6 is 15.9 Å². The lowest BCUT2D eigenvalue weighted by molar-refractivity contribution is 0.0776. The molecule has 5 heteroatoms. The number of pyridine rings is 1. The average molecular weight is 282 g/mol. The van der Waals surface area contributed by atoms with Crippen LogP contribution in [0.2, 0.25) is 0 Å². The molecule has 0 bridgehead atoms. The molecule has 1 rings (SSSR count). The third-order valence-corrected chi connectivity index (χ3v) is 2.45. The summed E-state index contributed by atoms with van der Waals surface area (Å²) in [6.45, 7) is 2.68. The van der Waals surface area contributed by atoms with Crippen LogP contribution in [0.25, 0.3) is 0 Å². The van der Waals surface area contributed by atoms with Gasteiger partial charge in [-0.05, 0) is 34.5 Å². The lowest BCUT2D eigenvalue weighted by atomic mass is 10.2. The predicted molar refractivity (Wildman–Crippen MR) is 63.7 cm³/mol. The largest absolute Gasteiger partial charge is 0.325 e. The first-order chi connectivity index (χ1) is 7.69. The Labute approximate surface area is 103 Å². The molecule has 0 aliphatic heterocycles. The Hall–Kier alpha value is -1.41. The van der Waals surface area contributed by atoms with Gasteiger partial charge in [0.2, 0.25) is 0 Å². The molecule has 84 valence electrons. The normalized spacial score (nSPS) is 9.56. The molecule has 0 aliphatic rings. The van der Waals surface area contributed by atoms with Gasteiger partial charge in [-0.1, -0.05) is 6.92 Å². The summed E-state index contributed by atoms with van der Waals surface area (Å²) >= 11 is 3.21. The van der Waals surface area contributed by atoms with Crippen molar-refractivity contribution in [3.05, 3.63) is 28.5 Å². The monoisotopic (exact) mass is 281 g/mol. The number of aromatic nitrogens is 1. The van der Waals surface area contributed by atoms with Crippen molar-refractivity contribution >= 4 is 21.8 Å². The van der Waals surface area contributed by atoms with Crippen LogP contribution in [0.15, 0.2) is 22.9 Å². The topological polar surface area (TPSA) is 57.0 Å². The van der Waals surface area contributed by atoms with Gasteiger partial charge in [-0.3, -0.25) is 4.79 Å². The van der Waals surface area contributed by atoms with Crippen molar-refractivity contribution in [2.24, 2.45) is 0 Å². The zero-order valence-corrected chi connectivity index (χ0v) is 10.6. The van der Waals surface area contributed by atoms with Gasteiger partial charge in [0, 0.05) is 18.3 Å². The van der Waals surface area contributed by atoms with Gasteiger partial charge in [-0.2, -0.15) is 5.26 Å². The molecule has 0 atom stereocenters. The van der Waals surface area contributed by atoms with E-state index in [9.17, 15) is 4.79 Å². The highest BCUT2D eigenvalue weighted by molar-refractivity contribution is 9.10. The van der Waals surface area contributed by atoms with Crippen molar-refractivity contribution < 1.29 is 4.79 Å². The molecular weight excluding hydrogens is 270 g/mol. The van der Waals surface area contributed by atoms with Crippen molar-refractivity contribution in [2.45, 2.75) is 13.3 Å². The Bertz CT molecular complexity index is 414. The Kier molecular flexibility index (Phi) is 4.93. The second-order valence-electron chi connectivity index (χ2n) is 3.25. The lowest BCUT2D eigenvalue weighted by Crippen LogP contribution is -2.32. The molecule has 0 saturated heterocycles. The third kappa shape index (κ3) is 3.31. The highest BCUT2D eigenvalue weighted by Gasteiger charge is 2.14. The Morgan fingerprint density at radius 2 is 2.44 bits per heavy atom. The highest BCUT2D eigenvalue weighted by atomic mass is 79.9. The molecule has 0 radical (unpaired) electrons. The van der Waals surface area contributed by atoms with Crippen LogP contribution in [0, 0.1) is 11.3 Å². The van der Waals surface area contributed by atoms with Crippen molar-refractivity contribution in [1.82, 2.24) is 9.88 Å². The lowest BCUT2D eigenvalue weighted by Gasteiger charge is -2.18. The zero-order chi connectivity index (χ0) is 12.0. The van der Waals surface area contributed by atoms with Gasteiger partial charge in [0.25, 0.3) is 5.91 Å². The number of amides is 1. The zero-order valence-electron chi connectivity index (χ0n) is 8.98. The smallest absolute Gasteiger partial charge is 0.254 e. The highest BCUT2D eigenvalue weighted by Crippen LogP contribution is 2.10.